The Bertz CT molecular complexity index is 1050. The van der Waals surface area contributed by atoms with Gasteiger partial charge in [0.2, 0.25) is 15.9 Å². The van der Waals surface area contributed by atoms with Crippen LogP contribution in [0, 0.1) is 20.8 Å². The summed E-state index contributed by atoms with van der Waals surface area (Å²) in [5, 5.41) is 2.83. The van der Waals surface area contributed by atoms with Gasteiger partial charge in [-0.15, -0.1) is 0 Å². The molecule has 0 aromatic heterocycles. The van der Waals surface area contributed by atoms with Gasteiger partial charge in [-0.05, 0) is 51.8 Å². The molecule has 1 amide bonds. The van der Waals surface area contributed by atoms with Crippen LogP contribution in [0.3, 0.4) is 0 Å². The maximum absolute atomic E-state index is 12.6. The zero-order chi connectivity index (χ0) is 23.9. The molecule has 0 saturated carbocycles. The van der Waals surface area contributed by atoms with E-state index in [9.17, 15) is 18.0 Å². The first-order valence-corrected chi connectivity index (χ1v) is 12.1. The number of hydrogen-bond donors (Lipinski definition) is 2. The average molecular weight is 461 g/mol. The van der Waals surface area contributed by atoms with Crippen LogP contribution in [0.25, 0.3) is 0 Å². The number of esters is 1. The van der Waals surface area contributed by atoms with Gasteiger partial charge in [0.25, 0.3) is 0 Å². The second-order valence-corrected chi connectivity index (χ2v) is 9.93. The van der Waals surface area contributed by atoms with Crippen molar-refractivity contribution in [2.24, 2.45) is 0 Å². The Morgan fingerprint density at radius 1 is 0.969 bits per heavy atom. The second kappa shape index (κ2) is 11.2. The number of carbonyl (C=O) groups is 2. The van der Waals surface area contributed by atoms with Crippen molar-refractivity contribution in [1.29, 1.82) is 0 Å². The van der Waals surface area contributed by atoms with Crippen molar-refractivity contribution in [3.05, 3.63) is 64.7 Å². The first kappa shape index (κ1) is 25.5. The topological polar surface area (TPSA) is 102 Å². The van der Waals surface area contributed by atoms with Crippen LogP contribution in [-0.4, -0.2) is 32.9 Å². The summed E-state index contributed by atoms with van der Waals surface area (Å²) in [4.78, 5) is 24.9. The molecule has 1 atom stereocenters. The lowest BCUT2D eigenvalue weighted by molar-refractivity contribution is -0.148. The normalized spacial score (nSPS) is 12.4. The number of carbonyl (C=O) groups excluding carboxylic acids is 2. The fraction of sp³-hybridized carbons (Fsp3) is 0.417. The Labute approximate surface area is 190 Å². The third kappa shape index (κ3) is 7.76. The van der Waals surface area contributed by atoms with Gasteiger partial charge in [-0.25, -0.2) is 13.1 Å². The van der Waals surface area contributed by atoms with E-state index in [2.05, 4.69) is 10.0 Å². The van der Waals surface area contributed by atoms with E-state index in [1.807, 2.05) is 38.1 Å². The number of aryl methyl sites for hydroxylation is 3. The SMILES string of the molecule is Cc1ccc(C(CC(=O)OC(C)C)NC(=O)CCNS(=O)(=O)c2ccc(C)cc2C)cc1. The summed E-state index contributed by atoms with van der Waals surface area (Å²) in [5.74, 6) is -0.780. The van der Waals surface area contributed by atoms with Crippen molar-refractivity contribution >= 4 is 21.9 Å². The maximum Gasteiger partial charge on any atom is 0.308 e. The number of amides is 1. The molecule has 2 aromatic rings. The van der Waals surface area contributed by atoms with Crippen molar-refractivity contribution in [1.82, 2.24) is 10.0 Å². The highest BCUT2D eigenvalue weighted by Crippen LogP contribution is 2.19. The number of hydrogen-bond acceptors (Lipinski definition) is 5. The zero-order valence-corrected chi connectivity index (χ0v) is 20.1. The lowest BCUT2D eigenvalue weighted by atomic mass is 10.0. The number of benzene rings is 2. The molecule has 2 rings (SSSR count). The summed E-state index contributed by atoms with van der Waals surface area (Å²) in [6, 6.07) is 12.0. The zero-order valence-electron chi connectivity index (χ0n) is 19.3. The Morgan fingerprint density at radius 3 is 2.19 bits per heavy atom. The molecule has 2 aromatic carbocycles. The molecule has 0 fully saturated rings. The predicted molar refractivity (Wildman–Crippen MR) is 124 cm³/mol. The third-order valence-corrected chi connectivity index (χ3v) is 6.44. The Morgan fingerprint density at radius 2 is 1.59 bits per heavy atom. The van der Waals surface area contributed by atoms with E-state index in [0.29, 0.717) is 5.56 Å². The summed E-state index contributed by atoms with van der Waals surface area (Å²) in [6.07, 6.45) is -0.330. The van der Waals surface area contributed by atoms with Gasteiger partial charge < -0.3 is 10.1 Å². The van der Waals surface area contributed by atoms with Gasteiger partial charge in [-0.2, -0.15) is 0 Å². The molecular formula is C24H32N2O5S. The summed E-state index contributed by atoms with van der Waals surface area (Å²) in [5.41, 5.74) is 3.45. The van der Waals surface area contributed by atoms with Gasteiger partial charge in [-0.1, -0.05) is 47.5 Å². The van der Waals surface area contributed by atoms with E-state index in [1.54, 1.807) is 39.0 Å². The molecule has 174 valence electrons. The highest BCUT2D eigenvalue weighted by molar-refractivity contribution is 7.89. The van der Waals surface area contributed by atoms with Crippen LogP contribution >= 0.6 is 0 Å². The number of ether oxygens (including phenoxy) is 1. The van der Waals surface area contributed by atoms with Gasteiger partial charge in [0.1, 0.15) is 0 Å². The smallest absolute Gasteiger partial charge is 0.308 e. The molecule has 8 heteroatoms. The first-order valence-electron chi connectivity index (χ1n) is 10.6. The van der Waals surface area contributed by atoms with Gasteiger partial charge in [0.15, 0.2) is 0 Å². The van der Waals surface area contributed by atoms with Crippen molar-refractivity contribution in [3.63, 3.8) is 0 Å². The van der Waals surface area contributed by atoms with Gasteiger partial charge >= 0.3 is 5.97 Å². The highest BCUT2D eigenvalue weighted by Gasteiger charge is 2.21. The van der Waals surface area contributed by atoms with E-state index in [0.717, 1.165) is 16.7 Å². The van der Waals surface area contributed by atoms with Crippen molar-refractivity contribution in [3.8, 4) is 0 Å². The molecule has 1 unspecified atom stereocenters. The molecule has 0 bridgehead atoms. The van der Waals surface area contributed by atoms with Crippen LogP contribution in [0.1, 0.15) is 55.0 Å². The number of nitrogens with one attached hydrogen (secondary N) is 2. The first-order chi connectivity index (χ1) is 15.0. The minimum Gasteiger partial charge on any atom is -0.463 e. The number of sulfonamides is 1. The molecule has 0 spiro atoms. The Balaban J connectivity index is 2.01. The Kier molecular flexibility index (Phi) is 8.98. The van der Waals surface area contributed by atoms with Crippen LogP contribution in [-0.2, 0) is 24.3 Å². The van der Waals surface area contributed by atoms with Gasteiger partial charge in [-0.3, -0.25) is 9.59 Å². The van der Waals surface area contributed by atoms with E-state index in [-0.39, 0.29) is 36.3 Å². The van der Waals surface area contributed by atoms with Crippen LogP contribution < -0.4 is 10.0 Å². The molecule has 0 radical (unpaired) electrons. The molecule has 0 heterocycles. The average Bonchev–Trinajstić information content (AvgIpc) is 2.67. The summed E-state index contributed by atoms with van der Waals surface area (Å²) < 4.78 is 32.8. The molecule has 0 aliphatic heterocycles. The third-order valence-electron chi connectivity index (χ3n) is 4.82. The van der Waals surface area contributed by atoms with Gasteiger partial charge in [0, 0.05) is 13.0 Å². The monoisotopic (exact) mass is 460 g/mol. The van der Waals surface area contributed by atoms with Crippen molar-refractivity contribution in [2.75, 3.05) is 6.54 Å². The van der Waals surface area contributed by atoms with Gasteiger partial charge in [0.05, 0.1) is 23.5 Å². The Hall–Kier alpha value is -2.71. The molecule has 32 heavy (non-hydrogen) atoms. The summed E-state index contributed by atoms with van der Waals surface area (Å²) in [7, 11) is -3.73. The van der Waals surface area contributed by atoms with Crippen molar-refractivity contribution in [2.45, 2.75) is 64.5 Å². The lowest BCUT2D eigenvalue weighted by Crippen LogP contribution is -2.34. The molecule has 0 aliphatic carbocycles. The van der Waals surface area contributed by atoms with Crippen LogP contribution in [0.4, 0.5) is 0 Å². The quantitative estimate of drug-likeness (QED) is 0.529. The van der Waals surface area contributed by atoms with Crippen LogP contribution in [0.5, 0.6) is 0 Å². The largest absolute Gasteiger partial charge is 0.463 e. The van der Waals surface area contributed by atoms with Crippen molar-refractivity contribution < 1.29 is 22.7 Å². The fourth-order valence-corrected chi connectivity index (χ4v) is 4.53. The standard InChI is InChI=1S/C24H32N2O5S/c1-16(2)31-24(28)15-21(20-9-6-17(3)7-10-20)26-23(27)12-13-25-32(29,30)22-11-8-18(4)14-19(22)5/h6-11,14,16,21,25H,12-13,15H2,1-5H3,(H,26,27). The maximum atomic E-state index is 12.6. The van der Waals surface area contributed by atoms with E-state index in [1.165, 1.54) is 0 Å². The number of rotatable bonds is 10. The highest BCUT2D eigenvalue weighted by atomic mass is 32.2. The molecule has 0 saturated heterocycles. The lowest BCUT2D eigenvalue weighted by Gasteiger charge is -2.20. The summed E-state index contributed by atoms with van der Waals surface area (Å²) >= 11 is 0. The fourth-order valence-electron chi connectivity index (χ4n) is 3.27. The van der Waals surface area contributed by atoms with E-state index >= 15 is 0 Å². The second-order valence-electron chi connectivity index (χ2n) is 8.19. The van der Waals surface area contributed by atoms with Crippen LogP contribution in [0.15, 0.2) is 47.4 Å². The molecule has 7 nitrogen and oxygen atoms in total. The van der Waals surface area contributed by atoms with E-state index < -0.39 is 22.0 Å². The van der Waals surface area contributed by atoms with Crippen LogP contribution in [0.2, 0.25) is 0 Å². The molecular weight excluding hydrogens is 428 g/mol. The summed E-state index contributed by atoms with van der Waals surface area (Å²) in [6.45, 7) is 9.04. The molecule has 0 aliphatic rings. The predicted octanol–water partition coefficient (Wildman–Crippen LogP) is 3.48. The van der Waals surface area contributed by atoms with E-state index in [4.69, 9.17) is 4.74 Å². The minimum atomic E-state index is -3.73. The molecule has 2 N–H and O–H groups in total. The minimum absolute atomic E-state index is 0.0126.